The number of alkyl halides is 3. The summed E-state index contributed by atoms with van der Waals surface area (Å²) in [6.45, 7) is 3.55. The highest BCUT2D eigenvalue weighted by Crippen LogP contribution is 2.37. The summed E-state index contributed by atoms with van der Waals surface area (Å²) in [5.74, 6) is -0.184. The van der Waals surface area contributed by atoms with Gasteiger partial charge in [0.05, 0.1) is 10.5 Å². The number of hydrogen-bond acceptors (Lipinski definition) is 5. The fourth-order valence-electron chi connectivity index (χ4n) is 1.90. The molecule has 0 aliphatic heterocycles. The number of aromatic hydroxyl groups is 1. The van der Waals surface area contributed by atoms with Crippen molar-refractivity contribution in [3.05, 3.63) is 57.1 Å². The predicted molar refractivity (Wildman–Crippen MR) is 79.9 cm³/mol. The van der Waals surface area contributed by atoms with Crippen molar-refractivity contribution < 1.29 is 23.2 Å². The van der Waals surface area contributed by atoms with Crippen molar-refractivity contribution in [1.82, 2.24) is 0 Å². The Morgan fingerprint density at radius 1 is 1.04 bits per heavy atom. The first-order chi connectivity index (χ1) is 11.1. The maximum Gasteiger partial charge on any atom is 0.416 e. The van der Waals surface area contributed by atoms with E-state index in [1.807, 2.05) is 0 Å². The smallest absolute Gasteiger partial charge is 0.416 e. The van der Waals surface area contributed by atoms with Gasteiger partial charge in [0.2, 0.25) is 0 Å². The third-order valence-corrected chi connectivity index (χ3v) is 3.36. The Morgan fingerprint density at radius 3 is 2.21 bits per heavy atom. The first-order valence-corrected chi connectivity index (χ1v) is 6.67. The number of benzene rings is 2. The first kappa shape index (κ1) is 17.4. The van der Waals surface area contributed by atoms with E-state index >= 15 is 0 Å². The highest BCUT2D eigenvalue weighted by Gasteiger charge is 2.33. The highest BCUT2D eigenvalue weighted by atomic mass is 19.4. The molecule has 0 heterocycles. The average molecular weight is 339 g/mol. The van der Waals surface area contributed by atoms with Crippen LogP contribution >= 0.6 is 0 Å². The normalized spacial score (nSPS) is 11.9. The molecule has 0 aliphatic carbocycles. The maximum absolute atomic E-state index is 12.6. The summed E-state index contributed by atoms with van der Waals surface area (Å²) in [5, 5.41) is 28.1. The molecule has 1 N–H and O–H groups in total. The van der Waals surface area contributed by atoms with Gasteiger partial charge in [-0.2, -0.15) is 13.2 Å². The highest BCUT2D eigenvalue weighted by molar-refractivity contribution is 5.60. The van der Waals surface area contributed by atoms with Crippen LogP contribution in [0, 0.1) is 24.0 Å². The monoisotopic (exact) mass is 339 g/mol. The summed E-state index contributed by atoms with van der Waals surface area (Å²) in [4.78, 5) is 10.00. The van der Waals surface area contributed by atoms with E-state index in [1.165, 1.54) is 12.1 Å². The number of hydrogen-bond donors (Lipinski definition) is 1. The Bertz CT molecular complexity index is 833. The number of nitro benzene ring substituents is 1. The van der Waals surface area contributed by atoms with Gasteiger partial charge in [-0.05, 0) is 49.2 Å². The molecule has 0 fully saturated rings. The number of azo groups is 1. The summed E-state index contributed by atoms with van der Waals surface area (Å²) in [6, 6.07) is 4.91. The van der Waals surface area contributed by atoms with Crippen LogP contribution in [0.5, 0.6) is 5.75 Å². The largest absolute Gasteiger partial charge is 0.506 e. The summed E-state index contributed by atoms with van der Waals surface area (Å²) < 4.78 is 37.9. The zero-order valence-corrected chi connectivity index (χ0v) is 12.6. The van der Waals surface area contributed by atoms with Crippen LogP contribution in [-0.2, 0) is 6.18 Å². The lowest BCUT2D eigenvalue weighted by Crippen LogP contribution is -2.05. The molecule has 0 aliphatic rings. The fourth-order valence-corrected chi connectivity index (χ4v) is 1.90. The van der Waals surface area contributed by atoms with Crippen molar-refractivity contribution in [2.75, 3.05) is 0 Å². The van der Waals surface area contributed by atoms with Crippen LogP contribution in [-0.4, -0.2) is 10.0 Å². The van der Waals surface area contributed by atoms with Crippen molar-refractivity contribution >= 4 is 17.1 Å². The van der Waals surface area contributed by atoms with Crippen LogP contribution < -0.4 is 0 Å². The molecule has 0 saturated heterocycles. The number of nitro groups is 1. The molecule has 126 valence electrons. The van der Waals surface area contributed by atoms with Crippen LogP contribution in [0.25, 0.3) is 0 Å². The number of rotatable bonds is 3. The number of phenols is 1. The van der Waals surface area contributed by atoms with Gasteiger partial charge in [-0.15, -0.1) is 10.2 Å². The van der Waals surface area contributed by atoms with Crippen molar-refractivity contribution in [3.63, 3.8) is 0 Å². The van der Waals surface area contributed by atoms with E-state index in [2.05, 4.69) is 10.2 Å². The van der Waals surface area contributed by atoms with Crippen LogP contribution in [0.4, 0.5) is 30.2 Å². The third-order valence-electron chi connectivity index (χ3n) is 3.36. The summed E-state index contributed by atoms with van der Waals surface area (Å²) in [6.07, 6.45) is -4.70. The number of aryl methyl sites for hydroxylation is 2. The van der Waals surface area contributed by atoms with E-state index in [0.717, 1.165) is 17.2 Å². The molecule has 0 amide bonds. The van der Waals surface area contributed by atoms with Crippen molar-refractivity contribution in [1.29, 1.82) is 0 Å². The van der Waals surface area contributed by atoms with Gasteiger partial charge >= 0.3 is 6.18 Å². The Morgan fingerprint density at radius 2 is 1.62 bits per heavy atom. The molecule has 24 heavy (non-hydrogen) atoms. The van der Waals surface area contributed by atoms with Gasteiger partial charge < -0.3 is 5.11 Å². The maximum atomic E-state index is 12.6. The molecular weight excluding hydrogens is 327 g/mol. The van der Waals surface area contributed by atoms with Gasteiger partial charge in [0, 0.05) is 6.07 Å². The SMILES string of the molecule is Cc1cc(O)c(N=Nc2ccc(C(F)(F)F)cc2[N+](=O)[O-])cc1C. The van der Waals surface area contributed by atoms with Crippen molar-refractivity contribution in [2.45, 2.75) is 20.0 Å². The van der Waals surface area contributed by atoms with Crippen LogP contribution in [0.2, 0.25) is 0 Å². The van der Waals surface area contributed by atoms with Crippen LogP contribution in [0.3, 0.4) is 0 Å². The second-order valence-electron chi connectivity index (χ2n) is 5.08. The molecule has 0 bridgehead atoms. The predicted octanol–water partition coefficient (Wildman–Crippen LogP) is 5.35. The van der Waals surface area contributed by atoms with Gasteiger partial charge in [-0.3, -0.25) is 10.1 Å². The molecule has 9 heteroatoms. The zero-order valence-electron chi connectivity index (χ0n) is 12.6. The molecule has 2 aromatic rings. The second-order valence-corrected chi connectivity index (χ2v) is 5.08. The fraction of sp³-hybridized carbons (Fsp3) is 0.200. The topological polar surface area (TPSA) is 88.1 Å². The van der Waals surface area contributed by atoms with Crippen molar-refractivity contribution in [2.24, 2.45) is 10.2 Å². The lowest BCUT2D eigenvalue weighted by Gasteiger charge is -2.07. The van der Waals surface area contributed by atoms with Gasteiger partial charge in [0.15, 0.2) is 5.69 Å². The lowest BCUT2D eigenvalue weighted by molar-refractivity contribution is -0.384. The average Bonchev–Trinajstić information content (AvgIpc) is 2.48. The molecule has 0 atom stereocenters. The summed E-state index contributed by atoms with van der Waals surface area (Å²) in [7, 11) is 0. The van der Waals surface area contributed by atoms with E-state index in [9.17, 15) is 28.4 Å². The second kappa shape index (κ2) is 6.26. The van der Waals surface area contributed by atoms with Crippen molar-refractivity contribution in [3.8, 4) is 5.75 Å². The van der Waals surface area contributed by atoms with E-state index in [-0.39, 0.29) is 17.1 Å². The molecular formula is C15H12F3N3O3. The summed E-state index contributed by atoms with van der Waals surface area (Å²) >= 11 is 0. The van der Waals surface area contributed by atoms with Crippen LogP contribution in [0.1, 0.15) is 16.7 Å². The third kappa shape index (κ3) is 3.67. The molecule has 6 nitrogen and oxygen atoms in total. The standard InChI is InChI=1S/C15H12F3N3O3/c1-8-5-12(14(22)6-9(8)2)20-19-11-4-3-10(15(16,17)18)7-13(11)21(23)24/h3-7,22H,1-2H3. The first-order valence-electron chi connectivity index (χ1n) is 6.67. The lowest BCUT2D eigenvalue weighted by atomic mass is 10.1. The minimum absolute atomic E-state index is 0.0623. The Kier molecular flexibility index (Phi) is 4.54. The Hall–Kier alpha value is -2.97. The molecule has 0 unspecified atom stereocenters. The van der Waals surface area contributed by atoms with Crippen LogP contribution in [0.15, 0.2) is 40.6 Å². The number of phenolic OH excluding ortho intramolecular Hbond substituents is 1. The Labute approximate surface area is 134 Å². The van der Waals surface area contributed by atoms with E-state index in [0.29, 0.717) is 12.1 Å². The molecule has 0 radical (unpaired) electrons. The molecule has 2 aromatic carbocycles. The zero-order chi connectivity index (χ0) is 18.1. The Balaban J connectivity index is 2.46. The van der Waals surface area contributed by atoms with E-state index < -0.39 is 22.4 Å². The molecule has 0 spiro atoms. The van der Waals surface area contributed by atoms with Gasteiger partial charge in [-0.1, -0.05) is 0 Å². The quantitative estimate of drug-likeness (QED) is 0.464. The van der Waals surface area contributed by atoms with E-state index in [4.69, 9.17) is 0 Å². The summed E-state index contributed by atoms with van der Waals surface area (Å²) in [5.41, 5.74) is -0.632. The number of nitrogens with zero attached hydrogens (tertiary/aromatic N) is 3. The minimum atomic E-state index is -4.70. The van der Waals surface area contributed by atoms with Gasteiger partial charge in [-0.25, -0.2) is 0 Å². The minimum Gasteiger partial charge on any atom is -0.506 e. The molecule has 0 saturated carbocycles. The number of halogens is 3. The molecule has 2 rings (SSSR count). The van der Waals surface area contributed by atoms with Gasteiger partial charge in [0.25, 0.3) is 5.69 Å². The van der Waals surface area contributed by atoms with Gasteiger partial charge in [0.1, 0.15) is 11.4 Å². The molecule has 0 aromatic heterocycles. The van der Waals surface area contributed by atoms with E-state index in [1.54, 1.807) is 13.8 Å².